The molecule has 2 aromatic heterocycles. The van der Waals surface area contributed by atoms with Crippen molar-refractivity contribution in [3.63, 3.8) is 0 Å². The fourth-order valence-corrected chi connectivity index (χ4v) is 5.29. The summed E-state index contributed by atoms with van der Waals surface area (Å²) in [5, 5.41) is 1.73. The summed E-state index contributed by atoms with van der Waals surface area (Å²) in [6, 6.07) is 14.6. The second-order valence-corrected chi connectivity index (χ2v) is 9.98. The molecule has 6 nitrogen and oxygen atoms in total. The lowest BCUT2D eigenvalue weighted by Crippen LogP contribution is -2.32. The molecule has 0 unspecified atom stereocenters. The van der Waals surface area contributed by atoms with E-state index in [0.717, 1.165) is 11.3 Å². The smallest absolute Gasteiger partial charge is 0.252 e. The van der Waals surface area contributed by atoms with E-state index in [2.05, 4.69) is 0 Å². The Balaban J connectivity index is 1.64. The van der Waals surface area contributed by atoms with Crippen LogP contribution in [0.25, 0.3) is 0 Å². The summed E-state index contributed by atoms with van der Waals surface area (Å²) in [5.41, 5.74) is 1.90. The predicted octanol–water partition coefficient (Wildman–Crippen LogP) is 4.28. The number of carbonyl (C=O) groups is 1. The molecular formula is C21H24N2O4S2. The molecule has 0 spiro atoms. The third-order valence-corrected chi connectivity index (χ3v) is 7.79. The van der Waals surface area contributed by atoms with Crippen molar-refractivity contribution in [2.24, 2.45) is 0 Å². The third-order valence-electron chi connectivity index (χ3n) is 4.56. The highest BCUT2D eigenvalue weighted by Gasteiger charge is 2.22. The second kappa shape index (κ2) is 9.39. The number of thiophene rings is 1. The number of rotatable bonds is 9. The Morgan fingerprint density at radius 2 is 1.86 bits per heavy atom. The maximum Gasteiger partial charge on any atom is 0.252 e. The van der Waals surface area contributed by atoms with E-state index in [0.29, 0.717) is 22.9 Å². The first-order valence-corrected chi connectivity index (χ1v) is 11.6. The molecule has 3 rings (SSSR count). The summed E-state index contributed by atoms with van der Waals surface area (Å²) < 4.78 is 32.0. The third kappa shape index (κ3) is 5.35. The number of benzene rings is 1. The number of nitrogens with zero attached hydrogens (tertiary/aromatic N) is 2. The second-order valence-electron chi connectivity index (χ2n) is 6.76. The highest BCUT2D eigenvalue weighted by Crippen LogP contribution is 2.22. The molecule has 0 aliphatic rings. The van der Waals surface area contributed by atoms with E-state index >= 15 is 0 Å². The minimum atomic E-state index is -3.50. The van der Waals surface area contributed by atoms with Crippen molar-refractivity contribution in [1.29, 1.82) is 0 Å². The first-order chi connectivity index (χ1) is 13.9. The van der Waals surface area contributed by atoms with Crippen molar-refractivity contribution >= 4 is 33.0 Å². The van der Waals surface area contributed by atoms with E-state index in [1.165, 1.54) is 15.6 Å². The van der Waals surface area contributed by atoms with Gasteiger partial charge < -0.3 is 9.32 Å². The van der Waals surface area contributed by atoms with Crippen LogP contribution in [0, 0.1) is 6.92 Å². The largest absolute Gasteiger partial charge is 0.467 e. The summed E-state index contributed by atoms with van der Waals surface area (Å²) in [5.74, 6) is 0.614. The van der Waals surface area contributed by atoms with E-state index < -0.39 is 10.0 Å². The van der Waals surface area contributed by atoms with Gasteiger partial charge in [0.05, 0.1) is 12.8 Å². The van der Waals surface area contributed by atoms with Crippen molar-refractivity contribution < 1.29 is 17.6 Å². The van der Waals surface area contributed by atoms with Crippen LogP contribution in [0.3, 0.4) is 0 Å². The molecule has 0 N–H and O–H groups in total. The summed E-state index contributed by atoms with van der Waals surface area (Å²) >= 11 is 1.19. The van der Waals surface area contributed by atoms with Crippen LogP contribution in [-0.4, -0.2) is 32.2 Å². The minimum Gasteiger partial charge on any atom is -0.467 e. The predicted molar refractivity (Wildman–Crippen MR) is 114 cm³/mol. The summed E-state index contributed by atoms with van der Waals surface area (Å²) in [4.78, 5) is 14.6. The first kappa shape index (κ1) is 21.3. The van der Waals surface area contributed by atoms with Crippen LogP contribution in [0.15, 0.2) is 68.8 Å². The van der Waals surface area contributed by atoms with Gasteiger partial charge in [0.25, 0.3) is 10.0 Å². The maximum absolute atomic E-state index is 12.9. The van der Waals surface area contributed by atoms with E-state index in [9.17, 15) is 13.2 Å². The van der Waals surface area contributed by atoms with Crippen molar-refractivity contribution in [2.75, 3.05) is 18.5 Å². The SMILES string of the molecule is Cc1ccc(N(Cc2ccco2)C(=O)CCCN(C)S(=O)(=O)c2cccs2)cc1. The van der Waals surface area contributed by atoms with Crippen LogP contribution in [0.4, 0.5) is 5.69 Å². The van der Waals surface area contributed by atoms with Crippen LogP contribution in [0.1, 0.15) is 24.2 Å². The fourth-order valence-electron chi connectivity index (χ4n) is 2.88. The summed E-state index contributed by atoms with van der Waals surface area (Å²) in [7, 11) is -1.96. The number of amides is 1. The molecule has 29 heavy (non-hydrogen) atoms. The number of furan rings is 1. The molecule has 1 aromatic carbocycles. The molecule has 0 atom stereocenters. The monoisotopic (exact) mass is 432 g/mol. The highest BCUT2D eigenvalue weighted by atomic mass is 32.2. The number of carbonyl (C=O) groups excluding carboxylic acids is 1. The lowest BCUT2D eigenvalue weighted by atomic mass is 10.2. The van der Waals surface area contributed by atoms with Gasteiger partial charge in [0, 0.05) is 25.7 Å². The average molecular weight is 433 g/mol. The zero-order chi connectivity index (χ0) is 20.9. The quantitative estimate of drug-likeness (QED) is 0.506. The minimum absolute atomic E-state index is 0.0767. The van der Waals surface area contributed by atoms with E-state index in [1.54, 1.807) is 41.8 Å². The Morgan fingerprint density at radius 1 is 1.10 bits per heavy atom. The molecule has 8 heteroatoms. The summed E-state index contributed by atoms with van der Waals surface area (Å²) in [6.45, 7) is 2.60. The van der Waals surface area contributed by atoms with Gasteiger partial charge in [0.1, 0.15) is 9.97 Å². The topological polar surface area (TPSA) is 70.8 Å². The lowest BCUT2D eigenvalue weighted by Gasteiger charge is -2.23. The standard InChI is InChI=1S/C21H24N2O4S2/c1-17-9-11-18(12-10-17)23(16-19-6-4-14-27-19)20(24)7-3-13-22(2)29(25,26)21-8-5-15-28-21/h4-6,8-12,14-15H,3,7,13,16H2,1-2H3. The number of sulfonamides is 1. The van der Waals surface area contributed by atoms with Gasteiger partial charge in [0.15, 0.2) is 0 Å². The summed E-state index contributed by atoms with van der Waals surface area (Å²) in [6.07, 6.45) is 2.25. The molecular weight excluding hydrogens is 408 g/mol. The molecule has 0 fully saturated rings. The normalized spacial score (nSPS) is 11.7. The molecule has 0 aliphatic heterocycles. The zero-order valence-corrected chi connectivity index (χ0v) is 18.1. The van der Waals surface area contributed by atoms with Crippen molar-refractivity contribution in [3.8, 4) is 0 Å². The van der Waals surface area contributed by atoms with Gasteiger partial charge in [-0.2, -0.15) is 0 Å². The van der Waals surface area contributed by atoms with Crippen molar-refractivity contribution in [2.45, 2.75) is 30.5 Å². The van der Waals surface area contributed by atoms with Gasteiger partial charge in [-0.25, -0.2) is 12.7 Å². The Kier molecular flexibility index (Phi) is 6.89. The molecule has 0 saturated heterocycles. The Hall–Kier alpha value is -2.42. The number of hydrogen-bond acceptors (Lipinski definition) is 5. The van der Waals surface area contributed by atoms with Gasteiger partial charge in [-0.3, -0.25) is 4.79 Å². The molecule has 1 amide bonds. The van der Waals surface area contributed by atoms with Crippen LogP contribution in [0.2, 0.25) is 0 Å². The fraction of sp³-hybridized carbons (Fsp3) is 0.286. The molecule has 154 valence electrons. The highest BCUT2D eigenvalue weighted by molar-refractivity contribution is 7.91. The molecule has 0 bridgehead atoms. The van der Waals surface area contributed by atoms with Gasteiger partial charge in [-0.15, -0.1) is 11.3 Å². The van der Waals surface area contributed by atoms with Crippen LogP contribution < -0.4 is 4.90 Å². The number of hydrogen-bond donors (Lipinski definition) is 0. The molecule has 3 aromatic rings. The Morgan fingerprint density at radius 3 is 2.48 bits per heavy atom. The van der Waals surface area contributed by atoms with Gasteiger partial charge in [-0.05, 0) is 49.1 Å². The number of anilines is 1. The van der Waals surface area contributed by atoms with Crippen molar-refractivity contribution in [1.82, 2.24) is 4.31 Å². The van der Waals surface area contributed by atoms with E-state index in [4.69, 9.17) is 4.42 Å². The molecule has 0 aliphatic carbocycles. The van der Waals surface area contributed by atoms with Crippen LogP contribution >= 0.6 is 11.3 Å². The van der Waals surface area contributed by atoms with Gasteiger partial charge >= 0.3 is 0 Å². The molecule has 0 radical (unpaired) electrons. The average Bonchev–Trinajstić information content (AvgIpc) is 3.41. The van der Waals surface area contributed by atoms with Gasteiger partial charge in [-0.1, -0.05) is 23.8 Å². The Labute approximate surface area is 175 Å². The van der Waals surface area contributed by atoms with Crippen LogP contribution in [0.5, 0.6) is 0 Å². The van der Waals surface area contributed by atoms with Gasteiger partial charge in [0.2, 0.25) is 5.91 Å². The lowest BCUT2D eigenvalue weighted by molar-refractivity contribution is -0.118. The van der Waals surface area contributed by atoms with Crippen molar-refractivity contribution in [3.05, 3.63) is 71.5 Å². The molecule has 2 heterocycles. The number of aryl methyl sites for hydroxylation is 1. The zero-order valence-electron chi connectivity index (χ0n) is 16.4. The maximum atomic E-state index is 12.9. The Bertz CT molecular complexity index is 1010. The van der Waals surface area contributed by atoms with Crippen LogP contribution in [-0.2, 0) is 21.4 Å². The van der Waals surface area contributed by atoms with E-state index in [-0.39, 0.29) is 18.9 Å². The molecule has 0 saturated carbocycles. The van der Waals surface area contributed by atoms with E-state index in [1.807, 2.05) is 37.3 Å². The first-order valence-electron chi connectivity index (χ1n) is 9.27.